The van der Waals surface area contributed by atoms with Gasteiger partial charge in [-0.1, -0.05) is 13.8 Å². The molecule has 2 rings (SSSR count). The molecule has 1 fully saturated rings. The summed E-state index contributed by atoms with van der Waals surface area (Å²) in [6.07, 6.45) is 2.39. The van der Waals surface area contributed by atoms with Crippen LogP contribution in [-0.4, -0.2) is 29.1 Å². The summed E-state index contributed by atoms with van der Waals surface area (Å²) in [7, 11) is 0. The first-order chi connectivity index (χ1) is 8.65. The Kier molecular flexibility index (Phi) is 4.49. The standard InChI is InChI=1S/C13H22N4O/c1-9(2)13-16-11(6-12(18)17-13)8-15-10-4-3-5-14-7-10/h6,9-10,14-15H,3-5,7-8H2,1-2H3,(H,16,17,18). The molecule has 100 valence electrons. The Balaban J connectivity index is 1.97. The van der Waals surface area contributed by atoms with E-state index in [1.807, 2.05) is 13.8 Å². The third-order valence-corrected chi connectivity index (χ3v) is 3.23. The number of rotatable bonds is 4. The number of nitrogens with one attached hydrogen (secondary N) is 3. The largest absolute Gasteiger partial charge is 0.315 e. The van der Waals surface area contributed by atoms with Crippen LogP contribution in [0.25, 0.3) is 0 Å². The average Bonchev–Trinajstić information content (AvgIpc) is 2.37. The molecule has 1 aliphatic heterocycles. The van der Waals surface area contributed by atoms with Crippen molar-refractivity contribution in [2.75, 3.05) is 13.1 Å². The van der Waals surface area contributed by atoms with Crippen LogP contribution in [0.2, 0.25) is 0 Å². The van der Waals surface area contributed by atoms with E-state index < -0.39 is 0 Å². The molecule has 5 nitrogen and oxygen atoms in total. The first kappa shape index (κ1) is 13.2. The van der Waals surface area contributed by atoms with E-state index in [4.69, 9.17) is 0 Å². The monoisotopic (exact) mass is 250 g/mol. The second-order valence-electron chi connectivity index (χ2n) is 5.20. The third kappa shape index (κ3) is 3.65. The quantitative estimate of drug-likeness (QED) is 0.737. The molecule has 5 heteroatoms. The van der Waals surface area contributed by atoms with E-state index >= 15 is 0 Å². The minimum absolute atomic E-state index is 0.0627. The Labute approximate surface area is 107 Å². The van der Waals surface area contributed by atoms with Gasteiger partial charge < -0.3 is 15.6 Å². The summed E-state index contributed by atoms with van der Waals surface area (Å²) in [5, 5.41) is 6.81. The molecule has 2 heterocycles. The first-order valence-electron chi connectivity index (χ1n) is 6.69. The van der Waals surface area contributed by atoms with E-state index in [0.717, 1.165) is 24.6 Å². The van der Waals surface area contributed by atoms with E-state index in [2.05, 4.69) is 20.6 Å². The lowest BCUT2D eigenvalue weighted by Gasteiger charge is -2.23. The van der Waals surface area contributed by atoms with Gasteiger partial charge >= 0.3 is 0 Å². The van der Waals surface area contributed by atoms with Crippen molar-refractivity contribution >= 4 is 0 Å². The fourth-order valence-electron chi connectivity index (χ4n) is 2.17. The van der Waals surface area contributed by atoms with Crippen LogP contribution in [0, 0.1) is 0 Å². The van der Waals surface area contributed by atoms with Gasteiger partial charge in [-0.3, -0.25) is 4.79 Å². The summed E-state index contributed by atoms with van der Waals surface area (Å²) < 4.78 is 0. The van der Waals surface area contributed by atoms with Crippen LogP contribution in [0.3, 0.4) is 0 Å². The number of H-pyrrole nitrogens is 1. The Morgan fingerprint density at radius 2 is 2.39 bits per heavy atom. The zero-order chi connectivity index (χ0) is 13.0. The van der Waals surface area contributed by atoms with Gasteiger partial charge in [0.25, 0.3) is 5.56 Å². The fraction of sp³-hybridized carbons (Fsp3) is 0.692. The Morgan fingerprint density at radius 3 is 3.06 bits per heavy atom. The zero-order valence-electron chi connectivity index (χ0n) is 11.1. The minimum Gasteiger partial charge on any atom is -0.315 e. The molecule has 0 saturated carbocycles. The molecular formula is C13H22N4O. The van der Waals surface area contributed by atoms with E-state index in [-0.39, 0.29) is 11.5 Å². The molecule has 1 aromatic heterocycles. The molecule has 0 spiro atoms. The summed E-state index contributed by atoms with van der Waals surface area (Å²) in [5.74, 6) is 1.01. The highest BCUT2D eigenvalue weighted by Crippen LogP contribution is 2.07. The number of aromatic nitrogens is 2. The lowest BCUT2D eigenvalue weighted by Crippen LogP contribution is -2.42. The molecule has 0 aliphatic carbocycles. The van der Waals surface area contributed by atoms with Crippen molar-refractivity contribution < 1.29 is 0 Å². The lowest BCUT2D eigenvalue weighted by atomic mass is 10.1. The zero-order valence-corrected chi connectivity index (χ0v) is 11.1. The van der Waals surface area contributed by atoms with Crippen molar-refractivity contribution in [1.82, 2.24) is 20.6 Å². The van der Waals surface area contributed by atoms with Crippen molar-refractivity contribution in [2.24, 2.45) is 0 Å². The Morgan fingerprint density at radius 1 is 1.56 bits per heavy atom. The average molecular weight is 250 g/mol. The Hall–Kier alpha value is -1.20. The van der Waals surface area contributed by atoms with Crippen LogP contribution >= 0.6 is 0 Å². The van der Waals surface area contributed by atoms with Crippen molar-refractivity contribution in [2.45, 2.75) is 45.2 Å². The number of hydrogen-bond donors (Lipinski definition) is 3. The van der Waals surface area contributed by atoms with Gasteiger partial charge in [-0.15, -0.1) is 0 Å². The molecule has 1 saturated heterocycles. The smallest absolute Gasteiger partial charge is 0.251 e. The molecule has 0 radical (unpaired) electrons. The highest BCUT2D eigenvalue weighted by molar-refractivity contribution is 5.05. The number of piperidine rings is 1. The van der Waals surface area contributed by atoms with Crippen molar-refractivity contribution in [1.29, 1.82) is 0 Å². The van der Waals surface area contributed by atoms with Crippen molar-refractivity contribution in [3.63, 3.8) is 0 Å². The molecule has 1 atom stereocenters. The highest BCUT2D eigenvalue weighted by atomic mass is 16.1. The maximum atomic E-state index is 11.5. The van der Waals surface area contributed by atoms with Gasteiger partial charge in [-0.2, -0.15) is 0 Å². The summed E-state index contributed by atoms with van der Waals surface area (Å²) in [6, 6.07) is 2.07. The Bertz CT molecular complexity index is 435. The predicted molar refractivity (Wildman–Crippen MR) is 71.7 cm³/mol. The summed E-state index contributed by atoms with van der Waals surface area (Å²) in [4.78, 5) is 18.8. The lowest BCUT2D eigenvalue weighted by molar-refractivity contribution is 0.387. The van der Waals surface area contributed by atoms with Crippen molar-refractivity contribution in [3.05, 3.63) is 27.9 Å². The van der Waals surface area contributed by atoms with Crippen LogP contribution in [0.1, 0.15) is 44.1 Å². The van der Waals surface area contributed by atoms with Crippen LogP contribution in [0.5, 0.6) is 0 Å². The topological polar surface area (TPSA) is 69.8 Å². The van der Waals surface area contributed by atoms with Gasteiger partial charge in [0.2, 0.25) is 0 Å². The normalized spacial score (nSPS) is 20.3. The maximum Gasteiger partial charge on any atom is 0.251 e. The fourth-order valence-corrected chi connectivity index (χ4v) is 2.17. The molecule has 18 heavy (non-hydrogen) atoms. The van der Waals surface area contributed by atoms with Gasteiger partial charge in [0.15, 0.2) is 0 Å². The van der Waals surface area contributed by atoms with Crippen molar-refractivity contribution in [3.8, 4) is 0 Å². The molecule has 0 aromatic carbocycles. The van der Waals surface area contributed by atoms with E-state index in [9.17, 15) is 4.79 Å². The molecule has 1 aliphatic rings. The maximum absolute atomic E-state index is 11.5. The summed E-state index contributed by atoms with van der Waals surface area (Å²) in [6.45, 7) is 6.83. The van der Waals surface area contributed by atoms with Gasteiger partial charge in [-0.25, -0.2) is 4.98 Å². The summed E-state index contributed by atoms with van der Waals surface area (Å²) >= 11 is 0. The molecule has 1 unspecified atom stereocenters. The third-order valence-electron chi connectivity index (χ3n) is 3.23. The predicted octanol–water partition coefficient (Wildman–Crippen LogP) is 0.735. The van der Waals surface area contributed by atoms with Gasteiger partial charge in [0.1, 0.15) is 5.82 Å². The second kappa shape index (κ2) is 6.11. The van der Waals surface area contributed by atoms with Crippen LogP contribution in [-0.2, 0) is 6.54 Å². The van der Waals surface area contributed by atoms with Gasteiger partial charge in [0.05, 0.1) is 5.69 Å². The molecule has 3 N–H and O–H groups in total. The summed E-state index contributed by atoms with van der Waals surface area (Å²) in [5.41, 5.74) is 0.764. The molecule has 0 amide bonds. The van der Waals surface area contributed by atoms with Gasteiger partial charge in [-0.05, 0) is 19.4 Å². The molecule has 0 bridgehead atoms. The SMILES string of the molecule is CC(C)c1nc(CNC2CCCNC2)cc(=O)[nH]1. The van der Waals surface area contributed by atoms with Crippen LogP contribution in [0.4, 0.5) is 0 Å². The van der Waals surface area contributed by atoms with Crippen LogP contribution < -0.4 is 16.2 Å². The first-order valence-corrected chi connectivity index (χ1v) is 6.69. The molecular weight excluding hydrogens is 228 g/mol. The minimum atomic E-state index is -0.0627. The van der Waals surface area contributed by atoms with E-state index in [1.165, 1.54) is 12.8 Å². The molecule has 1 aromatic rings. The number of hydrogen-bond acceptors (Lipinski definition) is 4. The highest BCUT2D eigenvalue weighted by Gasteiger charge is 2.12. The van der Waals surface area contributed by atoms with Gasteiger partial charge in [0, 0.05) is 31.1 Å². The second-order valence-corrected chi connectivity index (χ2v) is 5.20. The number of aromatic amines is 1. The van der Waals surface area contributed by atoms with E-state index in [0.29, 0.717) is 12.6 Å². The van der Waals surface area contributed by atoms with Crippen LogP contribution in [0.15, 0.2) is 10.9 Å². The number of nitrogens with zero attached hydrogens (tertiary/aromatic N) is 1. The van der Waals surface area contributed by atoms with E-state index in [1.54, 1.807) is 6.07 Å².